The lowest BCUT2D eigenvalue weighted by atomic mass is 10.0. The zero-order chi connectivity index (χ0) is 25.8. The Morgan fingerprint density at radius 1 is 1.08 bits per heavy atom. The van der Waals surface area contributed by atoms with Crippen LogP contribution in [-0.4, -0.2) is 53.5 Å². The summed E-state index contributed by atoms with van der Waals surface area (Å²) in [5.74, 6) is 2.41. The number of hydrogen-bond acceptors (Lipinski definition) is 6. The molecule has 1 aliphatic heterocycles. The molecule has 1 aromatic heterocycles. The average molecular weight is 508 g/mol. The summed E-state index contributed by atoms with van der Waals surface area (Å²) in [6, 6.07) is 14.0. The number of halogens is 1. The average Bonchev–Trinajstić information content (AvgIpc) is 2.84. The molecule has 0 radical (unpaired) electrons. The Hall–Kier alpha value is -3.16. The SMILES string of the molecule is Cc1ccc(C(C)C)cc1OCc1c(C)nc(-c2ccccc2Cl)nc1N1CCN(CC(N)=O)CC1. The molecule has 1 saturated heterocycles. The maximum absolute atomic E-state index is 11.4. The van der Waals surface area contributed by atoms with E-state index in [-0.39, 0.29) is 12.5 Å². The van der Waals surface area contributed by atoms with Crippen LogP contribution < -0.4 is 15.4 Å². The van der Waals surface area contributed by atoms with Gasteiger partial charge in [-0.1, -0.05) is 49.7 Å². The second kappa shape index (κ2) is 11.3. The van der Waals surface area contributed by atoms with Crippen molar-refractivity contribution < 1.29 is 9.53 Å². The van der Waals surface area contributed by atoms with E-state index >= 15 is 0 Å². The van der Waals surface area contributed by atoms with Crippen molar-refractivity contribution in [2.75, 3.05) is 37.6 Å². The van der Waals surface area contributed by atoms with Crippen LogP contribution in [0.5, 0.6) is 5.75 Å². The molecule has 4 rings (SSSR count). The number of hydrogen-bond donors (Lipinski definition) is 1. The third kappa shape index (κ3) is 5.97. The number of nitrogens with two attached hydrogens (primary N) is 1. The summed E-state index contributed by atoms with van der Waals surface area (Å²) in [5, 5.41) is 0.610. The normalized spacial score (nSPS) is 14.3. The minimum Gasteiger partial charge on any atom is -0.488 e. The van der Waals surface area contributed by atoms with Crippen LogP contribution in [0.3, 0.4) is 0 Å². The van der Waals surface area contributed by atoms with E-state index in [0.29, 0.717) is 23.4 Å². The number of carbonyl (C=O) groups excluding carboxylic acids is 1. The first-order valence-electron chi connectivity index (χ1n) is 12.3. The topological polar surface area (TPSA) is 84.6 Å². The number of carbonyl (C=O) groups is 1. The van der Waals surface area contributed by atoms with Crippen LogP contribution in [0.1, 0.15) is 42.1 Å². The summed E-state index contributed by atoms with van der Waals surface area (Å²) in [7, 11) is 0. The molecule has 0 saturated carbocycles. The summed E-state index contributed by atoms with van der Waals surface area (Å²) in [6.45, 7) is 11.9. The highest BCUT2D eigenvalue weighted by Gasteiger charge is 2.24. The molecule has 8 heteroatoms. The fraction of sp³-hybridized carbons (Fsp3) is 0.393. The summed E-state index contributed by atoms with van der Waals surface area (Å²) in [6.07, 6.45) is 0. The fourth-order valence-electron chi connectivity index (χ4n) is 4.39. The largest absolute Gasteiger partial charge is 0.488 e. The number of nitrogens with zero attached hydrogens (tertiary/aromatic N) is 4. The van der Waals surface area contributed by atoms with Crippen molar-refractivity contribution in [3.8, 4) is 17.1 Å². The number of piperazine rings is 1. The van der Waals surface area contributed by atoms with Gasteiger partial charge in [0.2, 0.25) is 5.91 Å². The number of anilines is 1. The number of benzene rings is 2. The standard InChI is InChI=1S/C28H34ClN5O2/c1-18(2)21-10-9-19(3)25(15-21)36-17-23-20(4)31-27(22-7-5-6-8-24(22)29)32-28(23)34-13-11-33(12-14-34)16-26(30)35/h5-10,15,18H,11-14,16-17H2,1-4H3,(H2,30,35). The van der Waals surface area contributed by atoms with Crippen LogP contribution in [0.2, 0.25) is 5.02 Å². The Balaban J connectivity index is 1.67. The quantitative estimate of drug-likeness (QED) is 0.474. The van der Waals surface area contributed by atoms with E-state index in [0.717, 1.165) is 60.1 Å². The van der Waals surface area contributed by atoms with Gasteiger partial charge in [0, 0.05) is 31.7 Å². The first kappa shape index (κ1) is 25.9. The van der Waals surface area contributed by atoms with Gasteiger partial charge < -0.3 is 15.4 Å². The molecule has 7 nitrogen and oxygen atoms in total. The van der Waals surface area contributed by atoms with Gasteiger partial charge in [-0.3, -0.25) is 9.69 Å². The lowest BCUT2D eigenvalue weighted by Gasteiger charge is -2.36. The molecule has 0 aliphatic carbocycles. The molecule has 0 bridgehead atoms. The maximum Gasteiger partial charge on any atom is 0.231 e. The number of aryl methyl sites for hydroxylation is 2. The predicted octanol–water partition coefficient (Wildman–Crippen LogP) is 4.72. The predicted molar refractivity (Wildman–Crippen MR) is 145 cm³/mol. The first-order chi connectivity index (χ1) is 17.2. The van der Waals surface area contributed by atoms with Crippen molar-refractivity contribution in [1.29, 1.82) is 0 Å². The van der Waals surface area contributed by atoms with Gasteiger partial charge in [-0.15, -0.1) is 0 Å². The van der Waals surface area contributed by atoms with Crippen molar-refractivity contribution in [3.63, 3.8) is 0 Å². The molecule has 3 aromatic rings. The van der Waals surface area contributed by atoms with Crippen LogP contribution >= 0.6 is 11.6 Å². The van der Waals surface area contributed by atoms with Crippen LogP contribution in [-0.2, 0) is 11.4 Å². The van der Waals surface area contributed by atoms with E-state index < -0.39 is 0 Å². The Bertz CT molecular complexity index is 1240. The summed E-state index contributed by atoms with van der Waals surface area (Å²) in [5.41, 5.74) is 10.3. The van der Waals surface area contributed by atoms with Crippen LogP contribution in [0.15, 0.2) is 42.5 Å². The molecule has 0 atom stereocenters. The molecule has 0 spiro atoms. The van der Waals surface area contributed by atoms with Gasteiger partial charge in [-0.2, -0.15) is 0 Å². The van der Waals surface area contributed by atoms with Crippen molar-refractivity contribution in [3.05, 3.63) is 69.9 Å². The molecule has 2 N–H and O–H groups in total. The van der Waals surface area contributed by atoms with Crippen molar-refractivity contribution in [2.45, 2.75) is 40.2 Å². The Morgan fingerprint density at radius 2 is 1.81 bits per heavy atom. The van der Waals surface area contributed by atoms with E-state index in [9.17, 15) is 4.79 Å². The molecule has 0 unspecified atom stereocenters. The van der Waals surface area contributed by atoms with Gasteiger partial charge in [0.05, 0.1) is 22.8 Å². The van der Waals surface area contributed by atoms with Gasteiger partial charge >= 0.3 is 0 Å². The van der Waals surface area contributed by atoms with Gasteiger partial charge in [-0.05, 0) is 49.1 Å². The molecule has 1 amide bonds. The highest BCUT2D eigenvalue weighted by atomic mass is 35.5. The number of ether oxygens (including phenoxy) is 1. The molecular weight excluding hydrogens is 474 g/mol. The Labute approximate surface area is 218 Å². The number of rotatable bonds is 8. The zero-order valence-electron chi connectivity index (χ0n) is 21.4. The molecular formula is C28H34ClN5O2. The van der Waals surface area contributed by atoms with Gasteiger partial charge in [0.1, 0.15) is 18.2 Å². The summed E-state index contributed by atoms with van der Waals surface area (Å²) < 4.78 is 6.36. The van der Waals surface area contributed by atoms with Crippen LogP contribution in [0.4, 0.5) is 5.82 Å². The maximum atomic E-state index is 11.4. The third-order valence-corrected chi connectivity index (χ3v) is 6.94. The number of aromatic nitrogens is 2. The molecule has 1 fully saturated rings. The zero-order valence-corrected chi connectivity index (χ0v) is 22.2. The smallest absolute Gasteiger partial charge is 0.231 e. The summed E-state index contributed by atoms with van der Waals surface area (Å²) in [4.78, 5) is 25.5. The first-order valence-corrected chi connectivity index (χ1v) is 12.7. The second-order valence-corrected chi connectivity index (χ2v) is 10.0. The van der Waals surface area contributed by atoms with E-state index in [1.165, 1.54) is 5.56 Å². The van der Waals surface area contributed by atoms with E-state index in [1.54, 1.807) is 0 Å². The van der Waals surface area contributed by atoms with Crippen molar-refractivity contribution in [2.24, 2.45) is 5.73 Å². The molecule has 36 heavy (non-hydrogen) atoms. The van der Waals surface area contributed by atoms with Gasteiger partial charge in [-0.25, -0.2) is 9.97 Å². The van der Waals surface area contributed by atoms with Crippen LogP contribution in [0, 0.1) is 13.8 Å². The Kier molecular flexibility index (Phi) is 8.11. The van der Waals surface area contributed by atoms with E-state index in [1.807, 2.05) is 31.2 Å². The third-order valence-electron chi connectivity index (χ3n) is 6.61. The number of primary amides is 1. The van der Waals surface area contributed by atoms with E-state index in [4.69, 9.17) is 32.0 Å². The van der Waals surface area contributed by atoms with Crippen molar-refractivity contribution >= 4 is 23.3 Å². The van der Waals surface area contributed by atoms with Gasteiger partial charge in [0.25, 0.3) is 0 Å². The molecule has 2 aromatic carbocycles. The molecule has 1 aliphatic rings. The highest BCUT2D eigenvalue weighted by Crippen LogP contribution is 2.31. The van der Waals surface area contributed by atoms with Crippen LogP contribution in [0.25, 0.3) is 11.4 Å². The Morgan fingerprint density at radius 3 is 2.47 bits per heavy atom. The minimum atomic E-state index is -0.310. The highest BCUT2D eigenvalue weighted by molar-refractivity contribution is 6.33. The summed E-state index contributed by atoms with van der Waals surface area (Å²) >= 11 is 6.49. The van der Waals surface area contributed by atoms with Gasteiger partial charge in [0.15, 0.2) is 5.82 Å². The molecule has 2 heterocycles. The van der Waals surface area contributed by atoms with Crippen molar-refractivity contribution in [1.82, 2.24) is 14.9 Å². The number of amides is 1. The lowest BCUT2D eigenvalue weighted by Crippen LogP contribution is -2.49. The fourth-order valence-corrected chi connectivity index (χ4v) is 4.61. The second-order valence-electron chi connectivity index (χ2n) is 9.61. The molecule has 190 valence electrons. The monoisotopic (exact) mass is 507 g/mol. The van der Waals surface area contributed by atoms with E-state index in [2.05, 4.69) is 48.8 Å². The minimum absolute atomic E-state index is 0.267. The lowest BCUT2D eigenvalue weighted by molar-refractivity contribution is -0.119.